The Morgan fingerprint density at radius 1 is 1.12 bits per heavy atom. The number of rotatable bonds is 7. The summed E-state index contributed by atoms with van der Waals surface area (Å²) in [4.78, 5) is 29.5. The van der Waals surface area contributed by atoms with Gasteiger partial charge in [-0.2, -0.15) is 4.31 Å². The number of aryl methyl sites for hydroxylation is 1. The predicted molar refractivity (Wildman–Crippen MR) is 131 cm³/mol. The number of fused-ring (bicyclic) bond motifs is 2. The Morgan fingerprint density at radius 2 is 1.85 bits per heavy atom. The molecule has 0 N–H and O–H groups in total. The number of anilines is 2. The van der Waals surface area contributed by atoms with E-state index in [1.807, 2.05) is 38.1 Å². The maximum Gasteiger partial charge on any atom is 0.267 e. The topological polar surface area (TPSA) is 87.2 Å². The molecule has 2 aromatic carbocycles. The van der Waals surface area contributed by atoms with Gasteiger partial charge in [-0.25, -0.2) is 8.42 Å². The van der Waals surface area contributed by atoms with Crippen LogP contribution in [0.25, 0.3) is 0 Å². The molecule has 182 valence electrons. The van der Waals surface area contributed by atoms with E-state index >= 15 is 0 Å². The van der Waals surface area contributed by atoms with Gasteiger partial charge < -0.3 is 14.5 Å². The minimum atomic E-state index is -3.56. The molecule has 2 aliphatic rings. The van der Waals surface area contributed by atoms with Gasteiger partial charge in [-0.15, -0.1) is 0 Å². The molecular weight excluding hydrogens is 454 g/mol. The summed E-state index contributed by atoms with van der Waals surface area (Å²) in [6, 6.07) is 12.3. The molecule has 2 aromatic rings. The van der Waals surface area contributed by atoms with Gasteiger partial charge in [0.1, 0.15) is 5.75 Å². The summed E-state index contributed by atoms with van der Waals surface area (Å²) >= 11 is 0. The van der Waals surface area contributed by atoms with Crippen LogP contribution < -0.4 is 14.5 Å². The van der Waals surface area contributed by atoms with Crippen molar-refractivity contribution in [2.24, 2.45) is 0 Å². The Kier molecular flexibility index (Phi) is 6.95. The number of sulfonamides is 1. The molecule has 0 saturated heterocycles. The van der Waals surface area contributed by atoms with Gasteiger partial charge in [-0.3, -0.25) is 9.59 Å². The van der Waals surface area contributed by atoms with Crippen molar-refractivity contribution < 1.29 is 22.7 Å². The largest absolute Gasteiger partial charge is 0.479 e. The molecule has 1 unspecified atom stereocenters. The average Bonchev–Trinajstić information content (AvgIpc) is 2.84. The first-order valence-electron chi connectivity index (χ1n) is 11.8. The summed E-state index contributed by atoms with van der Waals surface area (Å²) in [6.07, 6.45) is 1.02. The number of hydrogen-bond donors (Lipinski definition) is 0. The molecule has 0 aromatic heterocycles. The Balaban J connectivity index is 1.53. The van der Waals surface area contributed by atoms with Crippen LogP contribution in [0.5, 0.6) is 5.75 Å². The number of amides is 2. The molecule has 0 spiro atoms. The van der Waals surface area contributed by atoms with Crippen LogP contribution in [0.3, 0.4) is 0 Å². The van der Waals surface area contributed by atoms with E-state index in [0.717, 1.165) is 17.7 Å². The van der Waals surface area contributed by atoms with Crippen LogP contribution in [0.2, 0.25) is 0 Å². The average molecular weight is 486 g/mol. The van der Waals surface area contributed by atoms with E-state index in [9.17, 15) is 18.0 Å². The summed E-state index contributed by atoms with van der Waals surface area (Å²) in [5, 5.41) is 0. The van der Waals surface area contributed by atoms with Crippen molar-refractivity contribution in [2.75, 3.05) is 36.0 Å². The third-order valence-corrected chi connectivity index (χ3v) is 8.48. The number of carbonyl (C=O) groups is 2. The fourth-order valence-electron chi connectivity index (χ4n) is 4.64. The monoisotopic (exact) mass is 485 g/mol. The Morgan fingerprint density at radius 3 is 2.59 bits per heavy atom. The summed E-state index contributed by atoms with van der Waals surface area (Å²) < 4.78 is 33.0. The lowest BCUT2D eigenvalue weighted by atomic mass is 10.0. The summed E-state index contributed by atoms with van der Waals surface area (Å²) in [5.74, 6) is 0.369. The van der Waals surface area contributed by atoms with Crippen molar-refractivity contribution in [1.82, 2.24) is 4.31 Å². The molecule has 1 atom stereocenters. The van der Waals surface area contributed by atoms with Crippen LogP contribution in [0.1, 0.15) is 39.2 Å². The molecule has 0 bridgehead atoms. The van der Waals surface area contributed by atoms with Gasteiger partial charge in [0.15, 0.2) is 6.10 Å². The summed E-state index contributed by atoms with van der Waals surface area (Å²) in [6.45, 7) is 6.97. The molecule has 8 nitrogen and oxygen atoms in total. The van der Waals surface area contributed by atoms with E-state index < -0.39 is 16.1 Å². The van der Waals surface area contributed by atoms with Crippen molar-refractivity contribution in [3.8, 4) is 5.75 Å². The first kappa shape index (κ1) is 24.2. The molecule has 4 rings (SSSR count). The molecule has 2 aliphatic heterocycles. The van der Waals surface area contributed by atoms with E-state index in [-0.39, 0.29) is 29.7 Å². The zero-order valence-electron chi connectivity index (χ0n) is 19.9. The Labute approximate surface area is 201 Å². The van der Waals surface area contributed by atoms with Gasteiger partial charge in [-0.1, -0.05) is 26.0 Å². The second-order valence-corrected chi connectivity index (χ2v) is 10.4. The molecule has 2 amide bonds. The lowest BCUT2D eigenvalue weighted by Crippen LogP contribution is -2.46. The van der Waals surface area contributed by atoms with Crippen LogP contribution in [0.4, 0.5) is 11.4 Å². The number of hydrogen-bond acceptors (Lipinski definition) is 5. The van der Waals surface area contributed by atoms with Crippen molar-refractivity contribution in [1.29, 1.82) is 0 Å². The summed E-state index contributed by atoms with van der Waals surface area (Å²) in [5.41, 5.74) is 2.27. The second kappa shape index (κ2) is 9.76. The minimum absolute atomic E-state index is 0.0928. The van der Waals surface area contributed by atoms with Gasteiger partial charge >= 0.3 is 0 Å². The smallest absolute Gasteiger partial charge is 0.267 e. The molecular formula is C25H31N3O5S. The van der Waals surface area contributed by atoms with E-state index in [0.29, 0.717) is 37.5 Å². The van der Waals surface area contributed by atoms with Crippen LogP contribution in [0.15, 0.2) is 47.4 Å². The zero-order valence-corrected chi connectivity index (χ0v) is 20.7. The maximum atomic E-state index is 13.2. The molecule has 0 saturated carbocycles. The number of carbonyl (C=O) groups excluding carboxylic acids is 2. The van der Waals surface area contributed by atoms with Gasteiger partial charge in [0, 0.05) is 38.3 Å². The molecule has 0 radical (unpaired) electrons. The molecule has 0 aliphatic carbocycles. The SMILES string of the molecule is CCN(CC)S(=O)(=O)c1ccc2c(c1)CCCN2C(=O)CCN1C(=O)C(C)Oc2ccccc21. The van der Waals surface area contributed by atoms with Crippen LogP contribution >= 0.6 is 0 Å². The third kappa shape index (κ3) is 4.42. The highest BCUT2D eigenvalue weighted by molar-refractivity contribution is 7.89. The fraction of sp³-hybridized carbons (Fsp3) is 0.440. The lowest BCUT2D eigenvalue weighted by Gasteiger charge is -2.34. The Bertz CT molecular complexity index is 1190. The quantitative estimate of drug-likeness (QED) is 0.601. The van der Waals surface area contributed by atoms with Crippen molar-refractivity contribution in [3.05, 3.63) is 48.0 Å². The second-order valence-electron chi connectivity index (χ2n) is 8.50. The van der Waals surface area contributed by atoms with Gasteiger partial charge in [0.25, 0.3) is 5.91 Å². The highest BCUT2D eigenvalue weighted by atomic mass is 32.2. The van der Waals surface area contributed by atoms with E-state index in [4.69, 9.17) is 4.74 Å². The van der Waals surface area contributed by atoms with Crippen LogP contribution in [-0.4, -0.2) is 56.8 Å². The molecule has 34 heavy (non-hydrogen) atoms. The van der Waals surface area contributed by atoms with E-state index in [2.05, 4.69) is 0 Å². The van der Waals surface area contributed by atoms with Gasteiger partial charge in [0.05, 0.1) is 10.6 Å². The normalized spacial score (nSPS) is 17.9. The zero-order chi connectivity index (χ0) is 24.5. The lowest BCUT2D eigenvalue weighted by molar-refractivity contribution is -0.125. The van der Waals surface area contributed by atoms with Crippen LogP contribution in [-0.2, 0) is 26.0 Å². The van der Waals surface area contributed by atoms with Crippen molar-refractivity contribution in [2.45, 2.75) is 51.0 Å². The van der Waals surface area contributed by atoms with Gasteiger partial charge in [-0.05, 0) is 55.7 Å². The number of nitrogens with zero attached hydrogens (tertiary/aromatic N) is 3. The number of benzene rings is 2. The fourth-order valence-corrected chi connectivity index (χ4v) is 6.15. The summed E-state index contributed by atoms with van der Waals surface area (Å²) in [7, 11) is -3.56. The van der Waals surface area contributed by atoms with Crippen LogP contribution in [0, 0.1) is 0 Å². The third-order valence-electron chi connectivity index (χ3n) is 6.44. The minimum Gasteiger partial charge on any atom is -0.479 e. The first-order valence-corrected chi connectivity index (χ1v) is 13.2. The first-order chi connectivity index (χ1) is 16.3. The van der Waals surface area contributed by atoms with Crippen molar-refractivity contribution >= 4 is 33.2 Å². The predicted octanol–water partition coefficient (Wildman–Crippen LogP) is 3.20. The standard InChI is InChI=1S/C25H31N3O5S/c1-4-26(5-2)34(31,32)20-12-13-21-19(17-20)9-8-15-27(21)24(29)14-16-28-22-10-6-7-11-23(22)33-18(3)25(28)30/h6-7,10-13,17-18H,4-5,8-9,14-16H2,1-3H3. The highest BCUT2D eigenvalue weighted by Gasteiger charge is 2.32. The maximum absolute atomic E-state index is 13.2. The molecule has 9 heteroatoms. The number of para-hydroxylation sites is 2. The van der Waals surface area contributed by atoms with Crippen molar-refractivity contribution in [3.63, 3.8) is 0 Å². The highest BCUT2D eigenvalue weighted by Crippen LogP contribution is 2.34. The molecule has 2 heterocycles. The van der Waals surface area contributed by atoms with Gasteiger partial charge in [0.2, 0.25) is 15.9 Å². The van der Waals surface area contributed by atoms with E-state index in [1.165, 1.54) is 4.31 Å². The van der Waals surface area contributed by atoms with E-state index in [1.54, 1.807) is 34.9 Å². The Hall–Kier alpha value is -2.91. The number of ether oxygens (including phenoxy) is 1. The molecule has 0 fully saturated rings.